The van der Waals surface area contributed by atoms with E-state index in [0.29, 0.717) is 34.9 Å². The molecule has 8 nitrogen and oxygen atoms in total. The van der Waals surface area contributed by atoms with Gasteiger partial charge in [0.2, 0.25) is 0 Å². The van der Waals surface area contributed by atoms with Crippen molar-refractivity contribution in [2.24, 2.45) is 0 Å². The number of para-hydroxylation sites is 1. The first kappa shape index (κ1) is 25.6. The van der Waals surface area contributed by atoms with Crippen molar-refractivity contribution in [2.45, 2.75) is 13.0 Å². The van der Waals surface area contributed by atoms with E-state index in [-0.39, 0.29) is 21.9 Å². The number of hydrogen-bond donors (Lipinski definition) is 1. The van der Waals surface area contributed by atoms with Gasteiger partial charge >= 0.3 is 0 Å². The average Bonchev–Trinajstić information content (AvgIpc) is 3.18. The van der Waals surface area contributed by atoms with E-state index >= 15 is 0 Å². The van der Waals surface area contributed by atoms with Gasteiger partial charge in [-0.25, -0.2) is 0 Å². The van der Waals surface area contributed by atoms with Crippen LogP contribution in [0.5, 0.6) is 17.2 Å². The maximum atomic E-state index is 13.5. The van der Waals surface area contributed by atoms with Gasteiger partial charge in [-0.05, 0) is 55.5 Å². The van der Waals surface area contributed by atoms with E-state index in [2.05, 4.69) is 0 Å². The summed E-state index contributed by atoms with van der Waals surface area (Å²) in [5, 5.41) is 20.8. The topological polar surface area (TPSA) is 109 Å². The number of carbonyl (C=O) groups is 2. The number of anilines is 1. The van der Waals surface area contributed by atoms with Crippen molar-refractivity contribution >= 4 is 34.7 Å². The van der Waals surface area contributed by atoms with Crippen LogP contribution in [0.2, 0.25) is 5.02 Å². The van der Waals surface area contributed by atoms with Gasteiger partial charge in [0.15, 0.2) is 11.5 Å². The molecule has 1 aliphatic rings. The summed E-state index contributed by atoms with van der Waals surface area (Å²) in [5.41, 5.74) is 1.09. The number of aliphatic hydroxyl groups excluding tert-OH is 1. The fraction of sp³-hybridized carbons (Fsp3) is 0.179. The molecule has 3 aromatic rings. The molecular weight excluding hydrogens is 496 g/mol. The third-order valence-corrected chi connectivity index (χ3v) is 6.28. The largest absolute Gasteiger partial charge is 0.507 e. The average molecular weight is 519 g/mol. The number of ketones is 1. The number of methoxy groups -OCH3 is 2. The molecule has 188 valence electrons. The van der Waals surface area contributed by atoms with Crippen molar-refractivity contribution in [3.8, 4) is 23.3 Å². The van der Waals surface area contributed by atoms with E-state index in [9.17, 15) is 20.0 Å². The van der Waals surface area contributed by atoms with Crippen LogP contribution in [0.15, 0.2) is 66.2 Å². The Morgan fingerprint density at radius 1 is 1.08 bits per heavy atom. The summed E-state index contributed by atoms with van der Waals surface area (Å²) in [6.45, 7) is 2.19. The number of ether oxygens (including phenoxy) is 3. The summed E-state index contributed by atoms with van der Waals surface area (Å²) in [5.74, 6) is -1.13. The van der Waals surface area contributed by atoms with Crippen molar-refractivity contribution < 1.29 is 28.9 Å². The molecule has 1 N–H and O–H groups in total. The van der Waals surface area contributed by atoms with E-state index in [1.54, 1.807) is 42.5 Å². The second-order valence-electron chi connectivity index (χ2n) is 7.99. The number of benzene rings is 3. The summed E-state index contributed by atoms with van der Waals surface area (Å²) in [7, 11) is 2.91. The SMILES string of the molecule is CCOc1ccc(Cl)c(/C(O)=C2\C(=O)C(=O)N(c3ccc(C#N)cc3)C2c2cccc(OC)c2OC)c1. The van der Waals surface area contributed by atoms with E-state index in [4.69, 9.17) is 25.8 Å². The van der Waals surface area contributed by atoms with Crippen molar-refractivity contribution in [3.05, 3.63) is 87.9 Å². The highest BCUT2D eigenvalue weighted by Gasteiger charge is 2.48. The van der Waals surface area contributed by atoms with Crippen LogP contribution in [0.25, 0.3) is 5.76 Å². The number of nitriles is 1. The number of nitrogens with zero attached hydrogens (tertiary/aromatic N) is 2. The smallest absolute Gasteiger partial charge is 0.300 e. The van der Waals surface area contributed by atoms with E-state index in [1.807, 2.05) is 13.0 Å². The molecule has 0 spiro atoms. The quantitative estimate of drug-likeness (QED) is 0.258. The number of hydrogen-bond acceptors (Lipinski definition) is 7. The van der Waals surface area contributed by atoms with Crippen LogP contribution in [0.1, 0.15) is 29.7 Å². The van der Waals surface area contributed by atoms with Crippen molar-refractivity contribution in [1.29, 1.82) is 5.26 Å². The number of aliphatic hydroxyl groups is 1. The molecule has 0 aromatic heterocycles. The molecule has 1 saturated heterocycles. The first-order chi connectivity index (χ1) is 17.9. The van der Waals surface area contributed by atoms with Gasteiger partial charge in [0.25, 0.3) is 11.7 Å². The fourth-order valence-electron chi connectivity index (χ4n) is 4.30. The maximum absolute atomic E-state index is 13.5. The minimum Gasteiger partial charge on any atom is -0.507 e. The summed E-state index contributed by atoms with van der Waals surface area (Å²) in [4.78, 5) is 28.2. The Kier molecular flexibility index (Phi) is 7.37. The predicted molar refractivity (Wildman–Crippen MR) is 138 cm³/mol. The molecule has 0 bridgehead atoms. The molecule has 1 atom stereocenters. The van der Waals surface area contributed by atoms with Crippen molar-refractivity contribution in [3.63, 3.8) is 0 Å². The second kappa shape index (κ2) is 10.6. The molecule has 0 saturated carbocycles. The Morgan fingerprint density at radius 2 is 1.81 bits per heavy atom. The van der Waals surface area contributed by atoms with Crippen LogP contribution in [0.4, 0.5) is 5.69 Å². The molecule has 0 radical (unpaired) electrons. The molecule has 3 aromatic carbocycles. The third-order valence-electron chi connectivity index (χ3n) is 5.95. The van der Waals surface area contributed by atoms with E-state index in [1.165, 1.54) is 37.3 Å². The lowest BCUT2D eigenvalue weighted by atomic mass is 9.94. The Hall–Kier alpha value is -4.48. The van der Waals surface area contributed by atoms with Gasteiger partial charge in [-0.15, -0.1) is 0 Å². The van der Waals surface area contributed by atoms with Crippen molar-refractivity contribution in [1.82, 2.24) is 0 Å². The van der Waals surface area contributed by atoms with Crippen molar-refractivity contribution in [2.75, 3.05) is 25.7 Å². The van der Waals surface area contributed by atoms with Crippen LogP contribution in [0.3, 0.4) is 0 Å². The van der Waals surface area contributed by atoms with Crippen LogP contribution in [-0.4, -0.2) is 37.6 Å². The van der Waals surface area contributed by atoms with Crippen LogP contribution in [-0.2, 0) is 9.59 Å². The number of Topliss-reactive ketones (excluding diaryl/α,β-unsaturated/α-hetero) is 1. The van der Waals surface area contributed by atoms with Gasteiger partial charge in [0.1, 0.15) is 11.5 Å². The first-order valence-electron chi connectivity index (χ1n) is 11.3. The summed E-state index contributed by atoms with van der Waals surface area (Å²) < 4.78 is 16.6. The molecule has 1 amide bonds. The zero-order valence-corrected chi connectivity index (χ0v) is 21.1. The Bertz CT molecular complexity index is 1440. The summed E-state index contributed by atoms with van der Waals surface area (Å²) in [6.07, 6.45) is 0. The second-order valence-corrected chi connectivity index (χ2v) is 8.39. The minimum atomic E-state index is -1.09. The third kappa shape index (κ3) is 4.57. The molecule has 9 heteroatoms. The van der Waals surface area contributed by atoms with Crippen LogP contribution >= 0.6 is 11.6 Å². The number of halogens is 1. The van der Waals surface area contributed by atoms with Gasteiger partial charge in [-0.2, -0.15) is 5.26 Å². The van der Waals surface area contributed by atoms with Gasteiger partial charge in [0, 0.05) is 16.8 Å². The molecule has 4 rings (SSSR count). The molecular formula is C28H23ClN2O6. The van der Waals surface area contributed by atoms with E-state index in [0.717, 1.165) is 0 Å². The van der Waals surface area contributed by atoms with Gasteiger partial charge < -0.3 is 19.3 Å². The molecule has 1 unspecified atom stereocenters. The zero-order valence-electron chi connectivity index (χ0n) is 20.3. The molecule has 1 aliphatic heterocycles. The zero-order chi connectivity index (χ0) is 26.7. The predicted octanol–water partition coefficient (Wildman–Crippen LogP) is 5.25. The monoisotopic (exact) mass is 518 g/mol. The van der Waals surface area contributed by atoms with E-state index < -0.39 is 23.5 Å². The van der Waals surface area contributed by atoms with Crippen LogP contribution in [0, 0.1) is 11.3 Å². The standard InChI is InChI=1S/C28H23ClN2O6/c1-4-37-18-12-13-21(29)20(14-18)25(32)23-24(19-6-5-7-22(35-2)27(19)36-3)31(28(34)26(23)33)17-10-8-16(15-30)9-11-17/h5-14,24,32H,4H2,1-3H3/b25-23+. The number of rotatable bonds is 7. The maximum Gasteiger partial charge on any atom is 0.300 e. The first-order valence-corrected chi connectivity index (χ1v) is 11.7. The number of amides is 1. The van der Waals surface area contributed by atoms with Crippen LogP contribution < -0.4 is 19.1 Å². The highest BCUT2D eigenvalue weighted by molar-refractivity contribution is 6.52. The lowest BCUT2D eigenvalue weighted by molar-refractivity contribution is -0.132. The highest BCUT2D eigenvalue weighted by Crippen LogP contribution is 2.47. The van der Waals surface area contributed by atoms with Gasteiger partial charge in [-0.1, -0.05) is 23.7 Å². The molecule has 0 aliphatic carbocycles. The fourth-order valence-corrected chi connectivity index (χ4v) is 4.51. The molecule has 37 heavy (non-hydrogen) atoms. The molecule has 1 heterocycles. The Balaban J connectivity index is 2.02. The highest BCUT2D eigenvalue weighted by atomic mass is 35.5. The lowest BCUT2D eigenvalue weighted by Crippen LogP contribution is -2.29. The molecule has 1 fully saturated rings. The van der Waals surface area contributed by atoms with Gasteiger partial charge in [0.05, 0.1) is 49.1 Å². The lowest BCUT2D eigenvalue weighted by Gasteiger charge is -2.27. The summed E-state index contributed by atoms with van der Waals surface area (Å²) >= 11 is 6.41. The Labute approximate surface area is 218 Å². The summed E-state index contributed by atoms with van der Waals surface area (Å²) in [6, 6.07) is 16.9. The van der Waals surface area contributed by atoms with Gasteiger partial charge in [-0.3, -0.25) is 14.5 Å². The number of carbonyl (C=O) groups excluding carboxylic acids is 2. The minimum absolute atomic E-state index is 0.136. The normalized spacial score (nSPS) is 16.4. The Morgan fingerprint density at radius 3 is 2.43 bits per heavy atom.